The number of carbonyl (C=O) groups is 1. The van der Waals surface area contributed by atoms with E-state index in [9.17, 15) is 4.79 Å². The number of nitrogens with two attached hydrogens (primary N) is 1. The first-order valence-corrected chi connectivity index (χ1v) is 7.07. The van der Waals surface area contributed by atoms with Crippen LogP contribution in [0.3, 0.4) is 0 Å². The van der Waals surface area contributed by atoms with Crippen LogP contribution in [-0.4, -0.2) is 18.5 Å². The summed E-state index contributed by atoms with van der Waals surface area (Å²) in [6.45, 7) is 4.65. The van der Waals surface area contributed by atoms with Crippen molar-refractivity contribution in [1.82, 2.24) is 5.32 Å². The molecule has 1 rings (SSSR count). The Morgan fingerprint density at radius 3 is 2.67 bits per heavy atom. The molecule has 1 aromatic carbocycles. The number of hydrogen-bond donors (Lipinski definition) is 2. The molecular weight excluding hydrogens is 316 g/mol. The number of rotatable bonds is 5. The van der Waals surface area contributed by atoms with Crippen molar-refractivity contribution in [1.29, 1.82) is 0 Å². The molecule has 0 aromatic heterocycles. The Morgan fingerprint density at radius 1 is 1.50 bits per heavy atom. The molecule has 0 saturated carbocycles. The van der Waals surface area contributed by atoms with Gasteiger partial charge in [0.25, 0.3) is 5.91 Å². The number of nitrogens with one attached hydrogen (secondary N) is 1. The van der Waals surface area contributed by atoms with Crippen LogP contribution in [0.1, 0.15) is 30.6 Å². The van der Waals surface area contributed by atoms with Crippen molar-refractivity contribution in [2.45, 2.75) is 26.3 Å². The van der Waals surface area contributed by atoms with Crippen molar-refractivity contribution in [3.05, 3.63) is 33.3 Å². The Balaban J connectivity index is 2.71. The second-order valence-electron chi connectivity index (χ2n) is 4.66. The molecule has 0 aliphatic carbocycles. The first-order valence-electron chi connectivity index (χ1n) is 5.90. The third kappa shape index (κ3) is 4.59. The quantitative estimate of drug-likeness (QED) is 0.869. The zero-order valence-corrected chi connectivity index (χ0v) is 12.9. The highest BCUT2D eigenvalue weighted by Gasteiger charge is 2.14. The molecule has 1 atom stereocenters. The summed E-state index contributed by atoms with van der Waals surface area (Å²) in [5.41, 5.74) is 6.23. The molecule has 3 N–H and O–H groups in total. The van der Waals surface area contributed by atoms with Gasteiger partial charge in [0.05, 0.1) is 5.02 Å². The SMILES string of the molecule is CC(C)CC(CN)NC(=O)c1ccc(Cl)c(Br)c1. The maximum Gasteiger partial charge on any atom is 0.251 e. The van der Waals surface area contributed by atoms with Gasteiger partial charge in [0.2, 0.25) is 0 Å². The fourth-order valence-corrected chi connectivity index (χ4v) is 2.19. The van der Waals surface area contributed by atoms with Gasteiger partial charge in [0.1, 0.15) is 0 Å². The molecular formula is C13H18BrClN2O. The van der Waals surface area contributed by atoms with Gasteiger partial charge in [0.15, 0.2) is 0 Å². The van der Waals surface area contributed by atoms with Gasteiger partial charge in [-0.1, -0.05) is 25.4 Å². The number of benzene rings is 1. The van der Waals surface area contributed by atoms with Gasteiger partial charge < -0.3 is 11.1 Å². The van der Waals surface area contributed by atoms with Gasteiger partial charge in [-0.15, -0.1) is 0 Å². The van der Waals surface area contributed by atoms with Crippen molar-refractivity contribution in [2.24, 2.45) is 11.7 Å². The van der Waals surface area contributed by atoms with Crippen molar-refractivity contribution >= 4 is 33.4 Å². The Bertz CT molecular complexity index is 423. The Labute approximate surface area is 121 Å². The van der Waals surface area contributed by atoms with Crippen molar-refractivity contribution in [2.75, 3.05) is 6.54 Å². The fourth-order valence-electron chi connectivity index (χ4n) is 1.69. The lowest BCUT2D eigenvalue weighted by Crippen LogP contribution is -2.41. The van der Waals surface area contributed by atoms with Crippen LogP contribution < -0.4 is 11.1 Å². The molecule has 18 heavy (non-hydrogen) atoms. The molecule has 0 spiro atoms. The molecule has 0 radical (unpaired) electrons. The minimum atomic E-state index is -0.122. The van der Waals surface area contributed by atoms with Crippen LogP contribution in [0.2, 0.25) is 5.02 Å². The van der Waals surface area contributed by atoms with E-state index in [1.54, 1.807) is 18.2 Å². The van der Waals surface area contributed by atoms with Gasteiger partial charge in [-0.3, -0.25) is 4.79 Å². The summed E-state index contributed by atoms with van der Waals surface area (Å²) in [6.07, 6.45) is 0.872. The summed E-state index contributed by atoms with van der Waals surface area (Å²) < 4.78 is 0.713. The molecule has 0 fully saturated rings. The number of carbonyl (C=O) groups excluding carboxylic acids is 1. The largest absolute Gasteiger partial charge is 0.348 e. The lowest BCUT2D eigenvalue weighted by atomic mass is 10.0. The third-order valence-corrected chi connectivity index (χ3v) is 3.77. The van der Waals surface area contributed by atoms with E-state index >= 15 is 0 Å². The molecule has 0 bridgehead atoms. The van der Waals surface area contributed by atoms with Gasteiger partial charge in [-0.2, -0.15) is 0 Å². The molecule has 0 saturated heterocycles. The normalized spacial score (nSPS) is 12.6. The minimum absolute atomic E-state index is 0.00644. The Morgan fingerprint density at radius 2 is 2.17 bits per heavy atom. The van der Waals surface area contributed by atoms with E-state index < -0.39 is 0 Å². The van der Waals surface area contributed by atoms with E-state index in [1.165, 1.54) is 0 Å². The predicted octanol–water partition coefficient (Wildman–Crippen LogP) is 3.21. The van der Waals surface area contributed by atoms with Crippen molar-refractivity contribution < 1.29 is 4.79 Å². The molecule has 5 heteroatoms. The van der Waals surface area contributed by atoms with E-state index in [0.29, 0.717) is 27.5 Å². The predicted molar refractivity (Wildman–Crippen MR) is 78.9 cm³/mol. The monoisotopic (exact) mass is 332 g/mol. The lowest BCUT2D eigenvalue weighted by molar-refractivity contribution is 0.0933. The van der Waals surface area contributed by atoms with E-state index in [-0.39, 0.29) is 11.9 Å². The van der Waals surface area contributed by atoms with Crippen LogP contribution >= 0.6 is 27.5 Å². The van der Waals surface area contributed by atoms with E-state index in [1.807, 2.05) is 0 Å². The molecule has 3 nitrogen and oxygen atoms in total. The van der Waals surface area contributed by atoms with Gasteiger partial charge in [0, 0.05) is 22.6 Å². The first kappa shape index (κ1) is 15.5. The highest BCUT2D eigenvalue weighted by molar-refractivity contribution is 9.10. The summed E-state index contributed by atoms with van der Waals surface area (Å²) in [5.74, 6) is 0.374. The Kier molecular flexibility index (Phi) is 6.12. The van der Waals surface area contributed by atoms with Crippen LogP contribution in [0.15, 0.2) is 22.7 Å². The van der Waals surface area contributed by atoms with Crippen LogP contribution in [0.4, 0.5) is 0 Å². The molecule has 1 aromatic rings. The van der Waals surface area contributed by atoms with Crippen LogP contribution in [-0.2, 0) is 0 Å². The maximum atomic E-state index is 12.0. The molecule has 0 heterocycles. The summed E-state index contributed by atoms with van der Waals surface area (Å²) in [6, 6.07) is 5.11. The highest BCUT2D eigenvalue weighted by Crippen LogP contribution is 2.23. The third-order valence-electron chi connectivity index (χ3n) is 2.56. The summed E-state index contributed by atoms with van der Waals surface area (Å²) in [7, 11) is 0. The summed E-state index contributed by atoms with van der Waals surface area (Å²) >= 11 is 9.19. The molecule has 0 aliphatic heterocycles. The van der Waals surface area contributed by atoms with Gasteiger partial charge in [-0.25, -0.2) is 0 Å². The smallest absolute Gasteiger partial charge is 0.251 e. The second-order valence-corrected chi connectivity index (χ2v) is 5.93. The van der Waals surface area contributed by atoms with Gasteiger partial charge >= 0.3 is 0 Å². The van der Waals surface area contributed by atoms with E-state index in [2.05, 4.69) is 35.1 Å². The summed E-state index contributed by atoms with van der Waals surface area (Å²) in [5, 5.41) is 3.52. The number of hydrogen-bond acceptors (Lipinski definition) is 2. The standard InChI is InChI=1S/C13H18BrClN2O/c1-8(2)5-10(7-16)17-13(18)9-3-4-12(15)11(14)6-9/h3-4,6,8,10H,5,7,16H2,1-2H3,(H,17,18). The van der Waals surface area contributed by atoms with Crippen LogP contribution in [0, 0.1) is 5.92 Å². The molecule has 100 valence electrons. The zero-order chi connectivity index (χ0) is 13.7. The average Bonchev–Trinajstić information content (AvgIpc) is 2.31. The van der Waals surface area contributed by atoms with Crippen LogP contribution in [0.25, 0.3) is 0 Å². The van der Waals surface area contributed by atoms with Gasteiger partial charge in [-0.05, 0) is 46.5 Å². The first-order chi connectivity index (χ1) is 8.43. The second kappa shape index (κ2) is 7.12. The van der Waals surface area contributed by atoms with Crippen molar-refractivity contribution in [3.63, 3.8) is 0 Å². The molecule has 1 amide bonds. The highest BCUT2D eigenvalue weighted by atomic mass is 79.9. The molecule has 1 unspecified atom stereocenters. The fraction of sp³-hybridized carbons (Fsp3) is 0.462. The van der Waals surface area contributed by atoms with E-state index in [4.69, 9.17) is 17.3 Å². The zero-order valence-electron chi connectivity index (χ0n) is 10.5. The summed E-state index contributed by atoms with van der Waals surface area (Å²) in [4.78, 5) is 12.0. The average molecular weight is 334 g/mol. The topological polar surface area (TPSA) is 55.1 Å². The van der Waals surface area contributed by atoms with Crippen LogP contribution in [0.5, 0.6) is 0 Å². The van der Waals surface area contributed by atoms with Crippen molar-refractivity contribution in [3.8, 4) is 0 Å². The maximum absolute atomic E-state index is 12.0. The molecule has 0 aliphatic rings. The number of halogens is 2. The minimum Gasteiger partial charge on any atom is -0.348 e. The Hall–Kier alpha value is -0.580. The van der Waals surface area contributed by atoms with E-state index in [0.717, 1.165) is 6.42 Å². The lowest BCUT2D eigenvalue weighted by Gasteiger charge is -2.18. The number of amides is 1.